The zero-order valence-corrected chi connectivity index (χ0v) is 11.7. The summed E-state index contributed by atoms with van der Waals surface area (Å²) in [5.41, 5.74) is 1.34. The fourth-order valence-electron chi connectivity index (χ4n) is 1.22. The molecule has 4 nitrogen and oxygen atoms in total. The van der Waals surface area contributed by atoms with Gasteiger partial charge in [-0.3, -0.25) is 4.72 Å². The maximum Gasteiger partial charge on any atom is 1.00 e. The Labute approximate surface area is 112 Å². The van der Waals surface area contributed by atoms with Gasteiger partial charge in [-0.15, -0.1) is 0 Å². The van der Waals surface area contributed by atoms with Gasteiger partial charge in [0.25, 0.3) is 0 Å². The van der Waals surface area contributed by atoms with Crippen molar-refractivity contribution in [3.05, 3.63) is 29.8 Å². The Hall–Kier alpha value is -0.0700. The zero-order valence-electron chi connectivity index (χ0n) is 8.86. The van der Waals surface area contributed by atoms with Crippen molar-refractivity contribution in [3.63, 3.8) is 0 Å². The molecule has 0 fully saturated rings. The van der Waals surface area contributed by atoms with Gasteiger partial charge in [-0.1, -0.05) is 25.5 Å². The third-order valence-corrected chi connectivity index (χ3v) is 2.19. The molecule has 0 radical (unpaired) electrons. The minimum Gasteiger partial charge on any atom is -0.731 e. The Morgan fingerprint density at radius 1 is 1.40 bits per heavy atom. The number of hydrogen-bond donors (Lipinski definition) is 1. The first kappa shape index (κ1) is 14.9. The van der Waals surface area contributed by atoms with Gasteiger partial charge in [0.05, 0.1) is 0 Å². The molecule has 6 heteroatoms. The fourth-order valence-corrected chi connectivity index (χ4v) is 1.64. The van der Waals surface area contributed by atoms with E-state index in [9.17, 15) is 13.0 Å². The number of benzene rings is 1. The predicted molar refractivity (Wildman–Crippen MR) is 53.8 cm³/mol. The van der Waals surface area contributed by atoms with Crippen LogP contribution in [-0.4, -0.2) is 13.0 Å². The van der Waals surface area contributed by atoms with Gasteiger partial charge in [0, 0.05) is 5.69 Å². The summed E-state index contributed by atoms with van der Waals surface area (Å²) in [5, 5.41) is 0. The van der Waals surface area contributed by atoms with Crippen molar-refractivity contribution in [1.29, 1.82) is 0 Å². The van der Waals surface area contributed by atoms with Gasteiger partial charge >= 0.3 is 29.6 Å². The molecule has 0 heterocycles. The smallest absolute Gasteiger partial charge is 0.731 e. The van der Waals surface area contributed by atoms with Crippen molar-refractivity contribution in [1.82, 2.24) is 0 Å². The van der Waals surface area contributed by atoms with Gasteiger partial charge in [0.1, 0.15) is 0 Å². The third-order valence-electron chi connectivity index (χ3n) is 1.71. The number of hydrogen-bond acceptors (Lipinski definition) is 3. The average Bonchev–Trinajstić information content (AvgIpc) is 2.02. The van der Waals surface area contributed by atoms with Gasteiger partial charge in [-0.05, 0) is 24.1 Å². The maximum absolute atomic E-state index is 10.4. The minimum absolute atomic E-state index is 0. The van der Waals surface area contributed by atoms with Crippen molar-refractivity contribution < 1.29 is 42.5 Å². The Balaban J connectivity index is 0.00000196. The second-order valence-electron chi connectivity index (χ2n) is 3.01. The van der Waals surface area contributed by atoms with E-state index in [-0.39, 0.29) is 29.6 Å². The first-order valence-electron chi connectivity index (χ1n) is 4.34. The number of anilines is 1. The standard InChI is InChI=1S/C9H13NO3S.Na/c1-2-4-8-5-3-6-9(7-8)10-14(11,12)13;/h3,5-7,10H,2,4H2,1H3,(H,11,12,13);/q;+1/p-1. The second kappa shape index (κ2) is 6.50. The van der Waals surface area contributed by atoms with Gasteiger partial charge in [0.2, 0.25) is 0 Å². The number of nitrogens with one attached hydrogen (secondary N) is 1. The molecule has 0 bridgehead atoms. The molecule has 0 atom stereocenters. The van der Waals surface area contributed by atoms with Gasteiger partial charge in [-0.2, -0.15) is 0 Å². The summed E-state index contributed by atoms with van der Waals surface area (Å²) < 4.78 is 33.1. The Bertz CT molecular complexity index is 406. The summed E-state index contributed by atoms with van der Waals surface area (Å²) in [5.74, 6) is 0. The fraction of sp³-hybridized carbons (Fsp3) is 0.333. The summed E-state index contributed by atoms with van der Waals surface area (Å²) in [4.78, 5) is 0. The summed E-state index contributed by atoms with van der Waals surface area (Å²) in [6, 6.07) is 6.83. The third kappa shape index (κ3) is 6.17. The van der Waals surface area contributed by atoms with Crippen LogP contribution in [0.4, 0.5) is 5.69 Å². The van der Waals surface area contributed by atoms with E-state index in [1.807, 2.05) is 17.7 Å². The first-order chi connectivity index (χ1) is 6.51. The second-order valence-corrected chi connectivity index (χ2v) is 4.12. The molecule has 1 aromatic rings. The van der Waals surface area contributed by atoms with E-state index < -0.39 is 10.3 Å². The Kier molecular flexibility index (Phi) is 6.47. The summed E-state index contributed by atoms with van der Waals surface area (Å²) in [6.45, 7) is 2.03. The van der Waals surface area contributed by atoms with Crippen LogP contribution in [0.15, 0.2) is 24.3 Å². The number of aryl methyl sites for hydroxylation is 1. The summed E-state index contributed by atoms with van der Waals surface area (Å²) in [6.07, 6.45) is 1.85. The van der Waals surface area contributed by atoms with E-state index in [0.29, 0.717) is 5.69 Å². The van der Waals surface area contributed by atoms with Crippen LogP contribution in [-0.2, 0) is 16.7 Å². The molecular formula is C9H12NNaO3S. The monoisotopic (exact) mass is 237 g/mol. The molecule has 0 unspecified atom stereocenters. The molecule has 78 valence electrons. The van der Waals surface area contributed by atoms with Crippen molar-refractivity contribution in [2.24, 2.45) is 0 Å². The van der Waals surface area contributed by atoms with Crippen molar-refractivity contribution in [2.75, 3.05) is 4.72 Å². The molecule has 0 amide bonds. The molecule has 0 spiro atoms. The molecule has 1 aromatic carbocycles. The quantitative estimate of drug-likeness (QED) is 0.512. The summed E-state index contributed by atoms with van der Waals surface area (Å²) in [7, 11) is -4.41. The first-order valence-corrected chi connectivity index (χ1v) is 5.74. The van der Waals surface area contributed by atoms with Crippen LogP contribution >= 0.6 is 0 Å². The van der Waals surface area contributed by atoms with Crippen LogP contribution in [0.5, 0.6) is 0 Å². The summed E-state index contributed by atoms with van der Waals surface area (Å²) >= 11 is 0. The maximum atomic E-state index is 10.4. The van der Waals surface area contributed by atoms with E-state index in [0.717, 1.165) is 18.4 Å². The van der Waals surface area contributed by atoms with Crippen LogP contribution in [0.2, 0.25) is 0 Å². The van der Waals surface area contributed by atoms with Crippen molar-refractivity contribution >= 4 is 16.0 Å². The molecule has 15 heavy (non-hydrogen) atoms. The molecule has 0 aromatic heterocycles. The van der Waals surface area contributed by atoms with E-state index in [2.05, 4.69) is 0 Å². The number of rotatable bonds is 4. The van der Waals surface area contributed by atoms with Gasteiger partial charge < -0.3 is 4.55 Å². The molecule has 1 rings (SSSR count). The predicted octanol–water partition coefficient (Wildman–Crippen LogP) is -1.48. The van der Waals surface area contributed by atoms with E-state index >= 15 is 0 Å². The zero-order chi connectivity index (χ0) is 10.6. The van der Waals surface area contributed by atoms with Crippen LogP contribution in [0, 0.1) is 0 Å². The molecule has 1 N–H and O–H groups in total. The van der Waals surface area contributed by atoms with Crippen LogP contribution in [0.1, 0.15) is 18.9 Å². The minimum atomic E-state index is -4.41. The van der Waals surface area contributed by atoms with E-state index in [1.165, 1.54) is 0 Å². The molecule has 0 saturated carbocycles. The topological polar surface area (TPSA) is 69.2 Å². The van der Waals surface area contributed by atoms with Gasteiger partial charge in [0.15, 0.2) is 10.3 Å². The van der Waals surface area contributed by atoms with E-state index in [4.69, 9.17) is 0 Å². The van der Waals surface area contributed by atoms with E-state index in [1.54, 1.807) is 18.2 Å². The van der Waals surface area contributed by atoms with Crippen molar-refractivity contribution in [2.45, 2.75) is 19.8 Å². The van der Waals surface area contributed by atoms with Gasteiger partial charge in [-0.25, -0.2) is 8.42 Å². The largest absolute Gasteiger partial charge is 1.00 e. The molecule has 0 saturated heterocycles. The van der Waals surface area contributed by atoms with Crippen LogP contribution in [0.25, 0.3) is 0 Å². The Morgan fingerprint density at radius 2 is 2.07 bits per heavy atom. The SMILES string of the molecule is CCCc1cccc(NS(=O)(=O)[O-])c1.[Na+]. The Morgan fingerprint density at radius 3 is 2.60 bits per heavy atom. The molecule has 0 aliphatic heterocycles. The normalized spacial score (nSPS) is 10.5. The molecular weight excluding hydrogens is 225 g/mol. The molecule has 0 aliphatic rings. The van der Waals surface area contributed by atoms with Crippen LogP contribution in [0.3, 0.4) is 0 Å². The van der Waals surface area contributed by atoms with Crippen LogP contribution < -0.4 is 34.3 Å². The van der Waals surface area contributed by atoms with Crippen molar-refractivity contribution in [3.8, 4) is 0 Å². The molecule has 0 aliphatic carbocycles. The average molecular weight is 237 g/mol.